The zero-order valence-electron chi connectivity index (χ0n) is 29.1. The fourth-order valence-corrected chi connectivity index (χ4v) is 10.6. The van der Waals surface area contributed by atoms with Gasteiger partial charge in [-0.25, -0.2) is 0 Å². The Morgan fingerprint density at radius 3 is 2.49 bits per heavy atom. The molecule has 5 rings (SSSR count). The van der Waals surface area contributed by atoms with Crippen LogP contribution in [-0.2, 0) is 20.7 Å². The number of aromatic hydroxyl groups is 2. The summed E-state index contributed by atoms with van der Waals surface area (Å²) in [5.74, 6) is 0.266. The van der Waals surface area contributed by atoms with Crippen molar-refractivity contribution < 1.29 is 34.4 Å². The minimum atomic E-state index is -0.989. The number of hydrogen-bond acceptors (Lipinski definition) is 7. The third-order valence-corrected chi connectivity index (χ3v) is 13.1. The van der Waals surface area contributed by atoms with Crippen LogP contribution in [0.15, 0.2) is 23.8 Å². The Hall–Kier alpha value is -2.87. The standard InChI is InChI=1S/C39H57NO7/c1-23(2)7-6-18-39(5,46)32-14-12-29-28-11-9-25-22-27(16-19-37(25,3)30(28)17-20-38(29,32)4)47-33(43)15-10-26(41)21-24-8-13-31(42)34(35(24)44)36(40)45/h8-9,13,23,27-30,32,42,44,46H,6-7,10-12,14-22H2,1-5H3,(H2,40,45)/t27-,28?,29?,30?,32?,37-,38-,39-/m0/s1. The van der Waals surface area contributed by atoms with Gasteiger partial charge in [-0.2, -0.15) is 0 Å². The van der Waals surface area contributed by atoms with Crippen molar-refractivity contribution in [2.75, 3.05) is 0 Å². The highest BCUT2D eigenvalue weighted by Crippen LogP contribution is 2.67. The molecule has 4 aliphatic rings. The number of ketones is 1. The average molecular weight is 652 g/mol. The Balaban J connectivity index is 1.15. The van der Waals surface area contributed by atoms with Crippen molar-refractivity contribution >= 4 is 17.7 Å². The number of fused-ring (bicyclic) bond motifs is 5. The number of ether oxygens (including phenoxy) is 1. The molecule has 5 N–H and O–H groups in total. The molecule has 8 nitrogen and oxygen atoms in total. The smallest absolute Gasteiger partial charge is 0.306 e. The number of allylic oxidation sites excluding steroid dienone is 1. The monoisotopic (exact) mass is 651 g/mol. The molecule has 3 saturated carbocycles. The van der Waals surface area contributed by atoms with Gasteiger partial charge in [0.1, 0.15) is 28.9 Å². The molecule has 0 aliphatic heterocycles. The fourth-order valence-electron chi connectivity index (χ4n) is 10.6. The maximum Gasteiger partial charge on any atom is 0.306 e. The average Bonchev–Trinajstić information content (AvgIpc) is 3.35. The van der Waals surface area contributed by atoms with E-state index in [0.717, 1.165) is 44.9 Å². The van der Waals surface area contributed by atoms with Crippen LogP contribution in [0.5, 0.6) is 11.5 Å². The normalized spacial score (nSPS) is 32.8. The van der Waals surface area contributed by atoms with E-state index in [0.29, 0.717) is 29.6 Å². The second-order valence-electron chi connectivity index (χ2n) is 16.5. The van der Waals surface area contributed by atoms with Crippen molar-refractivity contribution in [3.05, 3.63) is 34.9 Å². The molecule has 0 saturated heterocycles. The highest BCUT2D eigenvalue weighted by Gasteiger charge is 2.61. The number of primary amides is 1. The molecule has 1 amide bonds. The number of hydrogen-bond donors (Lipinski definition) is 4. The highest BCUT2D eigenvalue weighted by molar-refractivity contribution is 5.99. The van der Waals surface area contributed by atoms with Crippen LogP contribution in [0.1, 0.15) is 134 Å². The molecule has 0 heterocycles. The van der Waals surface area contributed by atoms with Crippen LogP contribution < -0.4 is 5.73 Å². The van der Waals surface area contributed by atoms with Gasteiger partial charge in [-0.3, -0.25) is 14.4 Å². The molecule has 0 spiro atoms. The second-order valence-corrected chi connectivity index (χ2v) is 16.5. The molecule has 3 fully saturated rings. The van der Waals surface area contributed by atoms with Gasteiger partial charge in [0, 0.05) is 24.8 Å². The van der Waals surface area contributed by atoms with Crippen LogP contribution in [0.25, 0.3) is 0 Å². The third-order valence-electron chi connectivity index (χ3n) is 13.1. The van der Waals surface area contributed by atoms with Gasteiger partial charge < -0.3 is 25.8 Å². The molecule has 8 heteroatoms. The number of esters is 1. The Morgan fingerprint density at radius 2 is 1.79 bits per heavy atom. The first-order valence-corrected chi connectivity index (χ1v) is 18.0. The Bertz CT molecular complexity index is 1400. The summed E-state index contributed by atoms with van der Waals surface area (Å²) in [5, 5.41) is 31.8. The van der Waals surface area contributed by atoms with E-state index in [4.69, 9.17) is 10.5 Å². The number of carbonyl (C=O) groups is 3. The molecule has 1 aromatic carbocycles. The Morgan fingerprint density at radius 1 is 1.04 bits per heavy atom. The maximum absolute atomic E-state index is 12.8. The summed E-state index contributed by atoms with van der Waals surface area (Å²) in [6.45, 7) is 11.5. The largest absolute Gasteiger partial charge is 0.507 e. The lowest BCUT2D eigenvalue weighted by Gasteiger charge is -2.59. The van der Waals surface area contributed by atoms with E-state index in [-0.39, 0.29) is 47.5 Å². The maximum atomic E-state index is 12.8. The number of phenols is 2. The number of carbonyl (C=O) groups excluding carboxylic acids is 3. The summed E-state index contributed by atoms with van der Waals surface area (Å²) in [6.07, 6.45) is 13.4. The van der Waals surface area contributed by atoms with Crippen molar-refractivity contribution in [2.45, 2.75) is 136 Å². The molecule has 4 unspecified atom stereocenters. The molecule has 1 aromatic rings. The lowest BCUT2D eigenvalue weighted by Crippen LogP contribution is -2.53. The van der Waals surface area contributed by atoms with E-state index in [9.17, 15) is 29.7 Å². The van der Waals surface area contributed by atoms with E-state index in [1.165, 1.54) is 43.4 Å². The lowest BCUT2D eigenvalue weighted by molar-refractivity contribution is -0.152. The van der Waals surface area contributed by atoms with E-state index >= 15 is 0 Å². The van der Waals surface area contributed by atoms with Crippen LogP contribution in [-0.4, -0.2) is 44.7 Å². The van der Waals surface area contributed by atoms with Gasteiger partial charge in [0.15, 0.2) is 0 Å². The van der Waals surface area contributed by atoms with E-state index in [2.05, 4.69) is 40.7 Å². The van der Waals surface area contributed by atoms with Gasteiger partial charge >= 0.3 is 5.97 Å². The third kappa shape index (κ3) is 7.00. The van der Waals surface area contributed by atoms with Gasteiger partial charge in [0.25, 0.3) is 5.91 Å². The predicted octanol–water partition coefficient (Wildman–Crippen LogP) is 7.16. The first-order chi connectivity index (χ1) is 22.1. The minimum Gasteiger partial charge on any atom is -0.507 e. The number of Topliss-reactive ketones (excluding diaryl/α,β-unsaturated/α-hetero) is 1. The molecule has 4 aliphatic carbocycles. The zero-order chi connectivity index (χ0) is 34.3. The highest BCUT2D eigenvalue weighted by atomic mass is 16.5. The lowest BCUT2D eigenvalue weighted by atomic mass is 9.46. The molecular formula is C39H57NO7. The van der Waals surface area contributed by atoms with Crippen LogP contribution in [0.3, 0.4) is 0 Å². The van der Waals surface area contributed by atoms with Crippen LogP contribution in [0.2, 0.25) is 0 Å². The van der Waals surface area contributed by atoms with Crippen molar-refractivity contribution in [1.29, 1.82) is 0 Å². The molecule has 8 atom stereocenters. The van der Waals surface area contributed by atoms with Gasteiger partial charge in [-0.1, -0.05) is 58.3 Å². The van der Waals surface area contributed by atoms with Crippen LogP contribution >= 0.6 is 0 Å². The summed E-state index contributed by atoms with van der Waals surface area (Å²) < 4.78 is 5.89. The first kappa shape index (κ1) is 35.4. The Kier molecular flexibility index (Phi) is 10.2. The van der Waals surface area contributed by atoms with E-state index < -0.39 is 34.5 Å². The van der Waals surface area contributed by atoms with Gasteiger partial charge in [-0.05, 0) is 105 Å². The minimum absolute atomic E-state index is 0.0479. The molecule has 260 valence electrons. The SMILES string of the molecule is CC(C)CCC[C@](C)(O)C1CCC2C3CC=C4C[C@@H](OC(=O)CCC(=O)Cc5ccc(O)c(C(N)=O)c5O)CC[C@]4(C)C3CC[C@@]21C. The zero-order valence-corrected chi connectivity index (χ0v) is 29.1. The number of benzene rings is 1. The topological polar surface area (TPSA) is 147 Å². The summed E-state index contributed by atoms with van der Waals surface area (Å²) in [5.41, 5.74) is 6.08. The molecule has 0 aromatic heterocycles. The number of amides is 1. The van der Waals surface area contributed by atoms with Crippen LogP contribution in [0, 0.1) is 40.4 Å². The Labute approximate surface area is 280 Å². The number of rotatable bonds is 12. The van der Waals surface area contributed by atoms with Gasteiger partial charge in [0.05, 0.1) is 12.0 Å². The van der Waals surface area contributed by atoms with Gasteiger partial charge in [-0.15, -0.1) is 0 Å². The first-order valence-electron chi connectivity index (χ1n) is 18.0. The summed E-state index contributed by atoms with van der Waals surface area (Å²) in [4.78, 5) is 37.0. The molecular weight excluding hydrogens is 594 g/mol. The summed E-state index contributed by atoms with van der Waals surface area (Å²) in [6, 6.07) is 2.58. The predicted molar refractivity (Wildman–Crippen MR) is 181 cm³/mol. The summed E-state index contributed by atoms with van der Waals surface area (Å²) >= 11 is 0. The van der Waals surface area contributed by atoms with E-state index in [1.54, 1.807) is 0 Å². The van der Waals surface area contributed by atoms with Crippen molar-refractivity contribution in [3.8, 4) is 11.5 Å². The van der Waals surface area contributed by atoms with Crippen LogP contribution in [0.4, 0.5) is 0 Å². The quantitative estimate of drug-likeness (QED) is 0.139. The van der Waals surface area contributed by atoms with E-state index in [1.807, 2.05) is 0 Å². The molecule has 0 radical (unpaired) electrons. The molecule has 47 heavy (non-hydrogen) atoms. The fraction of sp³-hybridized carbons (Fsp3) is 0.718. The summed E-state index contributed by atoms with van der Waals surface area (Å²) in [7, 11) is 0. The van der Waals surface area contributed by atoms with Gasteiger partial charge in [0.2, 0.25) is 0 Å². The number of aliphatic hydroxyl groups is 1. The van der Waals surface area contributed by atoms with Crippen molar-refractivity contribution in [1.82, 2.24) is 0 Å². The van der Waals surface area contributed by atoms with Crippen molar-refractivity contribution in [3.63, 3.8) is 0 Å². The molecule has 0 bridgehead atoms. The van der Waals surface area contributed by atoms with Crippen molar-refractivity contribution in [2.24, 2.45) is 46.2 Å². The second kappa shape index (κ2) is 13.6. The number of nitrogens with two attached hydrogens (primary N) is 1.